The van der Waals surface area contributed by atoms with E-state index < -0.39 is 0 Å². The second-order valence-electron chi connectivity index (χ2n) is 5.72. The number of hydrogen-bond acceptors (Lipinski definition) is 4. The van der Waals surface area contributed by atoms with Gasteiger partial charge in [0.05, 0.1) is 5.92 Å². The van der Waals surface area contributed by atoms with E-state index in [4.69, 9.17) is 5.84 Å². The highest BCUT2D eigenvalue weighted by Gasteiger charge is 2.33. The van der Waals surface area contributed by atoms with E-state index in [1.165, 1.54) is 25.8 Å². The third-order valence-electron chi connectivity index (χ3n) is 4.72. The molecule has 0 radical (unpaired) electrons. The number of carbonyl (C=O) groups excluding carboxylic acids is 1. The lowest BCUT2D eigenvalue weighted by Gasteiger charge is -2.46. The Morgan fingerprint density at radius 2 is 2.06 bits per heavy atom. The summed E-state index contributed by atoms with van der Waals surface area (Å²) < 4.78 is 0. The van der Waals surface area contributed by atoms with Gasteiger partial charge in [0.25, 0.3) is 0 Å². The summed E-state index contributed by atoms with van der Waals surface area (Å²) in [6.45, 7) is 8.67. The molecule has 3 N–H and O–H groups in total. The summed E-state index contributed by atoms with van der Waals surface area (Å²) in [5.41, 5.74) is 2.27. The summed E-state index contributed by atoms with van der Waals surface area (Å²) in [7, 11) is 0. The predicted octanol–water partition coefficient (Wildman–Crippen LogP) is 0.171. The third kappa shape index (κ3) is 2.84. The Bertz CT molecular complexity index is 297. The van der Waals surface area contributed by atoms with Gasteiger partial charge in [-0.2, -0.15) is 0 Å². The molecule has 18 heavy (non-hydrogen) atoms. The summed E-state index contributed by atoms with van der Waals surface area (Å²) in [5, 5.41) is 0. The number of amides is 1. The Labute approximate surface area is 110 Å². The van der Waals surface area contributed by atoms with Crippen molar-refractivity contribution in [3.05, 3.63) is 0 Å². The molecule has 104 valence electrons. The highest BCUT2D eigenvalue weighted by molar-refractivity contribution is 5.78. The monoisotopic (exact) mass is 254 g/mol. The molecule has 5 nitrogen and oxygen atoms in total. The van der Waals surface area contributed by atoms with Gasteiger partial charge in [0.2, 0.25) is 5.91 Å². The second kappa shape index (κ2) is 5.99. The number of nitrogens with one attached hydrogen (secondary N) is 1. The van der Waals surface area contributed by atoms with Gasteiger partial charge >= 0.3 is 0 Å². The maximum absolute atomic E-state index is 11.6. The standard InChI is InChI=1S/C13H26N4O/c1-10(13(18)15-14)11(2)17-8-7-16-6-4-3-5-12(16)9-17/h10-12H,3-9,14H2,1-2H3,(H,15,18). The number of hydrogen-bond donors (Lipinski definition) is 2. The minimum atomic E-state index is -0.0615. The Morgan fingerprint density at radius 3 is 2.78 bits per heavy atom. The molecule has 3 unspecified atom stereocenters. The van der Waals surface area contributed by atoms with Crippen molar-refractivity contribution in [3.8, 4) is 0 Å². The van der Waals surface area contributed by atoms with Gasteiger partial charge in [-0.25, -0.2) is 5.84 Å². The lowest BCUT2D eigenvalue weighted by Crippen LogP contribution is -2.58. The van der Waals surface area contributed by atoms with Crippen molar-refractivity contribution in [2.45, 2.75) is 45.2 Å². The van der Waals surface area contributed by atoms with Gasteiger partial charge in [-0.05, 0) is 26.3 Å². The maximum atomic E-state index is 11.6. The van der Waals surface area contributed by atoms with Crippen LogP contribution in [-0.4, -0.2) is 54.0 Å². The molecule has 2 aliphatic heterocycles. The van der Waals surface area contributed by atoms with Crippen LogP contribution in [0.3, 0.4) is 0 Å². The maximum Gasteiger partial charge on any atom is 0.238 e. The first kappa shape index (κ1) is 13.8. The van der Waals surface area contributed by atoms with E-state index in [-0.39, 0.29) is 17.9 Å². The molecule has 3 atom stereocenters. The molecule has 2 saturated heterocycles. The lowest BCUT2D eigenvalue weighted by molar-refractivity contribution is -0.127. The minimum absolute atomic E-state index is 0.0508. The van der Waals surface area contributed by atoms with Gasteiger partial charge in [-0.1, -0.05) is 13.3 Å². The summed E-state index contributed by atoms with van der Waals surface area (Å²) in [4.78, 5) is 16.7. The first-order chi connectivity index (χ1) is 8.63. The molecular weight excluding hydrogens is 228 g/mol. The number of hydrazine groups is 1. The average Bonchev–Trinajstić information content (AvgIpc) is 2.44. The van der Waals surface area contributed by atoms with Crippen LogP contribution in [0, 0.1) is 5.92 Å². The van der Waals surface area contributed by atoms with Crippen LogP contribution < -0.4 is 11.3 Å². The van der Waals surface area contributed by atoms with E-state index in [1.807, 2.05) is 6.92 Å². The molecule has 2 fully saturated rings. The number of nitrogens with two attached hydrogens (primary N) is 1. The Kier molecular flexibility index (Phi) is 4.59. The largest absolute Gasteiger partial charge is 0.298 e. The lowest BCUT2D eigenvalue weighted by atomic mass is 9.95. The molecule has 1 amide bonds. The van der Waals surface area contributed by atoms with E-state index in [0.29, 0.717) is 6.04 Å². The smallest absolute Gasteiger partial charge is 0.238 e. The van der Waals surface area contributed by atoms with Crippen molar-refractivity contribution in [1.29, 1.82) is 0 Å². The molecule has 0 bridgehead atoms. The van der Waals surface area contributed by atoms with Gasteiger partial charge in [0, 0.05) is 31.7 Å². The molecule has 0 aromatic rings. The van der Waals surface area contributed by atoms with Crippen LogP contribution in [0.4, 0.5) is 0 Å². The van der Waals surface area contributed by atoms with E-state index in [1.54, 1.807) is 0 Å². The van der Waals surface area contributed by atoms with Crippen LogP contribution in [0.15, 0.2) is 0 Å². The van der Waals surface area contributed by atoms with E-state index in [9.17, 15) is 4.79 Å². The van der Waals surface area contributed by atoms with Crippen LogP contribution in [-0.2, 0) is 4.79 Å². The highest BCUT2D eigenvalue weighted by atomic mass is 16.2. The molecule has 5 heteroatoms. The summed E-state index contributed by atoms with van der Waals surface area (Å²) in [5.74, 6) is 5.11. The molecule has 0 aliphatic carbocycles. The molecule has 0 aromatic carbocycles. The number of nitrogens with zero attached hydrogens (tertiary/aromatic N) is 2. The fraction of sp³-hybridized carbons (Fsp3) is 0.923. The van der Waals surface area contributed by atoms with Crippen molar-refractivity contribution < 1.29 is 4.79 Å². The van der Waals surface area contributed by atoms with Crippen molar-refractivity contribution in [1.82, 2.24) is 15.2 Å². The van der Waals surface area contributed by atoms with Crippen molar-refractivity contribution in [2.75, 3.05) is 26.2 Å². The van der Waals surface area contributed by atoms with Crippen LogP contribution >= 0.6 is 0 Å². The van der Waals surface area contributed by atoms with Crippen LogP contribution in [0.1, 0.15) is 33.1 Å². The Hall–Kier alpha value is -0.650. The third-order valence-corrected chi connectivity index (χ3v) is 4.72. The van der Waals surface area contributed by atoms with Gasteiger partial charge < -0.3 is 0 Å². The Morgan fingerprint density at radius 1 is 1.28 bits per heavy atom. The number of piperidine rings is 1. The van der Waals surface area contributed by atoms with Crippen LogP contribution in [0.2, 0.25) is 0 Å². The van der Waals surface area contributed by atoms with Gasteiger partial charge in [-0.3, -0.25) is 20.0 Å². The second-order valence-corrected chi connectivity index (χ2v) is 5.72. The molecule has 2 heterocycles. The van der Waals surface area contributed by atoms with Gasteiger partial charge in [0.1, 0.15) is 0 Å². The summed E-state index contributed by atoms with van der Waals surface area (Å²) >= 11 is 0. The minimum Gasteiger partial charge on any atom is -0.298 e. The number of carbonyl (C=O) groups is 1. The molecular formula is C13H26N4O. The zero-order valence-corrected chi connectivity index (χ0v) is 11.6. The van der Waals surface area contributed by atoms with Crippen molar-refractivity contribution in [3.63, 3.8) is 0 Å². The van der Waals surface area contributed by atoms with Crippen LogP contribution in [0.5, 0.6) is 0 Å². The summed E-state index contributed by atoms with van der Waals surface area (Å²) in [6, 6.07) is 0.959. The predicted molar refractivity (Wildman–Crippen MR) is 71.7 cm³/mol. The molecule has 0 spiro atoms. The van der Waals surface area contributed by atoms with E-state index >= 15 is 0 Å². The van der Waals surface area contributed by atoms with Gasteiger partial charge in [-0.15, -0.1) is 0 Å². The average molecular weight is 254 g/mol. The topological polar surface area (TPSA) is 61.6 Å². The normalized spacial score (nSPS) is 29.4. The summed E-state index contributed by atoms with van der Waals surface area (Å²) in [6.07, 6.45) is 4.00. The molecule has 0 aromatic heterocycles. The fourth-order valence-corrected chi connectivity index (χ4v) is 3.22. The van der Waals surface area contributed by atoms with Crippen LogP contribution in [0.25, 0.3) is 0 Å². The Balaban J connectivity index is 1.91. The highest BCUT2D eigenvalue weighted by Crippen LogP contribution is 2.23. The molecule has 2 rings (SSSR count). The fourth-order valence-electron chi connectivity index (χ4n) is 3.22. The molecule has 2 aliphatic rings. The molecule has 0 saturated carbocycles. The first-order valence-corrected chi connectivity index (χ1v) is 7.12. The number of rotatable bonds is 3. The van der Waals surface area contributed by atoms with Crippen molar-refractivity contribution >= 4 is 5.91 Å². The first-order valence-electron chi connectivity index (χ1n) is 7.12. The zero-order valence-electron chi connectivity index (χ0n) is 11.6. The quantitative estimate of drug-likeness (QED) is 0.428. The number of fused-ring (bicyclic) bond motifs is 1. The number of piperazine rings is 1. The van der Waals surface area contributed by atoms with Gasteiger partial charge in [0.15, 0.2) is 0 Å². The van der Waals surface area contributed by atoms with E-state index in [0.717, 1.165) is 19.6 Å². The zero-order chi connectivity index (χ0) is 13.1. The van der Waals surface area contributed by atoms with E-state index in [2.05, 4.69) is 22.1 Å². The SMILES string of the molecule is CC(C(=O)NN)C(C)N1CCN2CCCCC2C1. The van der Waals surface area contributed by atoms with Crippen molar-refractivity contribution in [2.24, 2.45) is 11.8 Å².